The van der Waals surface area contributed by atoms with Crippen LogP contribution >= 0.6 is 0 Å². The average molecular weight is 359 g/mol. The average Bonchev–Trinajstić information content (AvgIpc) is 2.94. The lowest BCUT2D eigenvalue weighted by Crippen LogP contribution is -2.41. The van der Waals surface area contributed by atoms with Gasteiger partial charge in [-0.2, -0.15) is 0 Å². The van der Waals surface area contributed by atoms with Crippen LogP contribution in [0.5, 0.6) is 0 Å². The van der Waals surface area contributed by atoms with Crippen molar-refractivity contribution in [3.8, 4) is 11.1 Å². The van der Waals surface area contributed by atoms with Crippen molar-refractivity contribution in [1.82, 2.24) is 4.90 Å². The number of hydrogen-bond donors (Lipinski definition) is 1. The van der Waals surface area contributed by atoms with Crippen molar-refractivity contribution < 1.29 is 9.18 Å². The molecular formula is C22H18FN3O. The van der Waals surface area contributed by atoms with Crippen molar-refractivity contribution in [2.45, 2.75) is 5.54 Å². The summed E-state index contributed by atoms with van der Waals surface area (Å²) in [5.74, 6) is -0.491. The maximum absolute atomic E-state index is 14.6. The Balaban J connectivity index is 1.97. The number of halogens is 1. The van der Waals surface area contributed by atoms with E-state index in [2.05, 4.69) is 4.99 Å². The Hall–Kier alpha value is -3.47. The van der Waals surface area contributed by atoms with E-state index in [1.165, 1.54) is 11.0 Å². The highest BCUT2D eigenvalue weighted by Gasteiger charge is 2.49. The smallest absolute Gasteiger partial charge is 0.266 e. The summed E-state index contributed by atoms with van der Waals surface area (Å²) in [4.78, 5) is 19.1. The molecule has 134 valence electrons. The molecule has 1 aliphatic rings. The summed E-state index contributed by atoms with van der Waals surface area (Å²) in [5.41, 5.74) is 7.07. The fraction of sp³-hybridized carbons (Fsp3) is 0.0909. The molecule has 5 heteroatoms. The molecule has 2 N–H and O–H groups in total. The maximum atomic E-state index is 14.6. The first-order valence-corrected chi connectivity index (χ1v) is 8.58. The zero-order valence-corrected chi connectivity index (χ0v) is 14.8. The lowest BCUT2D eigenvalue weighted by molar-refractivity contribution is -0.129. The quantitative estimate of drug-likeness (QED) is 0.778. The molecule has 0 radical (unpaired) electrons. The van der Waals surface area contributed by atoms with Gasteiger partial charge >= 0.3 is 0 Å². The van der Waals surface area contributed by atoms with Crippen LogP contribution < -0.4 is 5.73 Å². The summed E-state index contributed by atoms with van der Waals surface area (Å²) in [6.45, 7) is 0. The van der Waals surface area contributed by atoms with Crippen LogP contribution in [-0.2, 0) is 10.3 Å². The topological polar surface area (TPSA) is 58.7 Å². The van der Waals surface area contributed by atoms with Crippen LogP contribution in [0.15, 0.2) is 83.9 Å². The predicted octanol–water partition coefficient (Wildman–Crippen LogP) is 3.52. The molecule has 0 aromatic heterocycles. The lowest BCUT2D eigenvalue weighted by Gasteiger charge is -2.26. The highest BCUT2D eigenvalue weighted by molar-refractivity contribution is 6.09. The second-order valence-corrected chi connectivity index (χ2v) is 6.47. The van der Waals surface area contributed by atoms with Crippen LogP contribution in [0.25, 0.3) is 11.1 Å². The monoisotopic (exact) mass is 359 g/mol. The SMILES string of the molecule is CN1C(=O)C(c2ccccc2)(c2ccc(F)c(-c3ccccc3)c2)N=C1N. The molecule has 1 amide bonds. The highest BCUT2D eigenvalue weighted by Crippen LogP contribution is 2.40. The molecule has 0 bridgehead atoms. The van der Waals surface area contributed by atoms with Gasteiger partial charge in [0.05, 0.1) is 0 Å². The van der Waals surface area contributed by atoms with Gasteiger partial charge in [0.1, 0.15) is 5.82 Å². The lowest BCUT2D eigenvalue weighted by atomic mass is 9.81. The molecule has 4 nitrogen and oxygen atoms in total. The van der Waals surface area contributed by atoms with Gasteiger partial charge in [0.2, 0.25) is 0 Å². The molecule has 1 heterocycles. The van der Waals surface area contributed by atoms with Gasteiger partial charge in [-0.25, -0.2) is 9.38 Å². The Morgan fingerprint density at radius 1 is 0.926 bits per heavy atom. The standard InChI is InChI=1S/C22H18FN3O/c1-26-20(27)22(25-21(26)24,16-10-6-3-7-11-16)17-12-13-19(23)18(14-17)15-8-4-2-5-9-15/h2-14H,1H3,(H2,24,25). The number of nitrogens with two attached hydrogens (primary N) is 1. The number of hydrogen-bond acceptors (Lipinski definition) is 3. The third kappa shape index (κ3) is 2.59. The molecule has 0 saturated carbocycles. The Labute approximate surface area is 156 Å². The minimum atomic E-state index is -1.32. The Morgan fingerprint density at radius 3 is 2.15 bits per heavy atom. The molecule has 1 unspecified atom stereocenters. The molecule has 0 saturated heterocycles. The van der Waals surface area contributed by atoms with E-state index in [1.54, 1.807) is 19.2 Å². The van der Waals surface area contributed by atoms with Crippen molar-refractivity contribution >= 4 is 11.9 Å². The molecule has 4 rings (SSSR count). The zero-order valence-electron chi connectivity index (χ0n) is 14.8. The normalized spacial score (nSPS) is 19.3. The molecule has 3 aromatic rings. The minimum Gasteiger partial charge on any atom is -0.369 e. The number of carbonyl (C=O) groups excluding carboxylic acids is 1. The molecule has 0 aliphatic carbocycles. The van der Waals surface area contributed by atoms with Gasteiger partial charge in [-0.15, -0.1) is 0 Å². The first kappa shape index (κ1) is 17.0. The number of guanidine groups is 1. The summed E-state index contributed by atoms with van der Waals surface area (Å²) < 4.78 is 14.6. The fourth-order valence-corrected chi connectivity index (χ4v) is 3.45. The largest absolute Gasteiger partial charge is 0.369 e. The molecule has 0 fully saturated rings. The van der Waals surface area contributed by atoms with Gasteiger partial charge in [0.25, 0.3) is 5.91 Å². The van der Waals surface area contributed by atoms with Gasteiger partial charge in [-0.3, -0.25) is 9.69 Å². The Kier molecular flexibility index (Phi) is 4.00. The summed E-state index contributed by atoms with van der Waals surface area (Å²) in [7, 11) is 1.59. The van der Waals surface area contributed by atoms with Gasteiger partial charge in [0, 0.05) is 12.6 Å². The number of aliphatic imine (C=N–C) groups is 1. The van der Waals surface area contributed by atoms with Crippen molar-refractivity contribution in [3.63, 3.8) is 0 Å². The van der Waals surface area contributed by atoms with Gasteiger partial charge in [-0.05, 0) is 28.8 Å². The van der Waals surface area contributed by atoms with Crippen molar-refractivity contribution in [3.05, 3.63) is 95.8 Å². The van der Waals surface area contributed by atoms with Crippen LogP contribution in [0.4, 0.5) is 4.39 Å². The van der Waals surface area contributed by atoms with E-state index < -0.39 is 5.54 Å². The second-order valence-electron chi connectivity index (χ2n) is 6.47. The Bertz CT molecular complexity index is 1030. The predicted molar refractivity (Wildman–Crippen MR) is 103 cm³/mol. The Morgan fingerprint density at radius 2 is 1.56 bits per heavy atom. The zero-order chi connectivity index (χ0) is 19.0. The van der Waals surface area contributed by atoms with E-state index in [4.69, 9.17) is 5.73 Å². The molecule has 1 atom stereocenters. The van der Waals surface area contributed by atoms with E-state index in [9.17, 15) is 9.18 Å². The number of nitrogens with zero attached hydrogens (tertiary/aromatic N) is 2. The summed E-state index contributed by atoms with van der Waals surface area (Å²) in [5, 5.41) is 0. The van der Waals surface area contributed by atoms with Gasteiger partial charge in [0.15, 0.2) is 11.5 Å². The number of carbonyl (C=O) groups is 1. The number of benzene rings is 3. The number of likely N-dealkylation sites (N-methyl/N-ethyl adjacent to an activating group) is 1. The van der Waals surface area contributed by atoms with Crippen LogP contribution in [0.2, 0.25) is 0 Å². The number of amides is 1. The minimum absolute atomic E-state index is 0.134. The van der Waals surface area contributed by atoms with Gasteiger partial charge < -0.3 is 5.73 Å². The second kappa shape index (κ2) is 6.36. The highest BCUT2D eigenvalue weighted by atomic mass is 19.1. The summed E-state index contributed by atoms with van der Waals surface area (Å²) in [6.07, 6.45) is 0. The third-order valence-electron chi connectivity index (χ3n) is 4.90. The number of rotatable bonds is 3. The maximum Gasteiger partial charge on any atom is 0.266 e. The van der Waals surface area contributed by atoms with E-state index in [-0.39, 0.29) is 17.7 Å². The van der Waals surface area contributed by atoms with Crippen molar-refractivity contribution in [2.75, 3.05) is 7.05 Å². The summed E-state index contributed by atoms with van der Waals surface area (Å²) >= 11 is 0. The van der Waals surface area contributed by atoms with Crippen molar-refractivity contribution in [2.24, 2.45) is 10.7 Å². The van der Waals surface area contributed by atoms with Crippen LogP contribution in [0.3, 0.4) is 0 Å². The van der Waals surface area contributed by atoms with E-state index in [0.717, 1.165) is 5.56 Å². The van der Waals surface area contributed by atoms with Crippen LogP contribution in [-0.4, -0.2) is 23.8 Å². The first-order valence-electron chi connectivity index (χ1n) is 8.58. The third-order valence-corrected chi connectivity index (χ3v) is 4.90. The van der Waals surface area contributed by atoms with E-state index in [1.807, 2.05) is 60.7 Å². The van der Waals surface area contributed by atoms with E-state index >= 15 is 0 Å². The van der Waals surface area contributed by atoms with Crippen molar-refractivity contribution in [1.29, 1.82) is 0 Å². The molecular weight excluding hydrogens is 341 g/mol. The fourth-order valence-electron chi connectivity index (χ4n) is 3.45. The first-order chi connectivity index (χ1) is 13.0. The molecule has 27 heavy (non-hydrogen) atoms. The van der Waals surface area contributed by atoms with Crippen LogP contribution in [0, 0.1) is 5.82 Å². The van der Waals surface area contributed by atoms with Crippen LogP contribution in [0.1, 0.15) is 11.1 Å². The molecule has 3 aromatic carbocycles. The van der Waals surface area contributed by atoms with E-state index in [0.29, 0.717) is 16.7 Å². The van der Waals surface area contributed by atoms with Gasteiger partial charge in [-0.1, -0.05) is 66.7 Å². The molecule has 0 spiro atoms. The molecule has 1 aliphatic heterocycles. The summed E-state index contributed by atoms with van der Waals surface area (Å²) in [6, 6.07) is 23.1.